The Morgan fingerprint density at radius 3 is 1.64 bits per heavy atom. The van der Waals surface area contributed by atoms with Gasteiger partial charge in [0, 0.05) is 19.0 Å². The molecule has 1 aromatic heterocycles. The minimum atomic E-state index is -0.540. The molecule has 0 spiro atoms. The van der Waals surface area contributed by atoms with Crippen LogP contribution in [0.25, 0.3) is 0 Å². The van der Waals surface area contributed by atoms with Crippen LogP contribution in [0.4, 0.5) is 0 Å². The van der Waals surface area contributed by atoms with E-state index in [9.17, 15) is 0 Å². The fraction of sp³-hybridized carbons (Fsp3) is 0.120. The summed E-state index contributed by atoms with van der Waals surface area (Å²) in [6.45, 7) is 0. The van der Waals surface area contributed by atoms with Crippen LogP contribution in [0.15, 0.2) is 104 Å². The second kappa shape index (κ2) is 7.94. The van der Waals surface area contributed by atoms with Gasteiger partial charge in [0.15, 0.2) is 0 Å². The fourth-order valence-corrected chi connectivity index (χ4v) is 3.85. The standard InChI is InChI=1S/C25H21N3/c26-18-10-17-24-19-28(20-27-24)25(21-11-4-1-5-12-21,22-13-6-2-7-14-22)23-15-8-3-9-16-23/h1-9,11-16,19-20H,10,17H2. The molecule has 0 radical (unpaired) electrons. The lowest BCUT2D eigenvalue weighted by Crippen LogP contribution is -2.36. The fourth-order valence-electron chi connectivity index (χ4n) is 3.85. The SMILES string of the molecule is N#CCCc1cn(C(c2ccccc2)(c2ccccc2)c2ccccc2)cn1. The van der Waals surface area contributed by atoms with Gasteiger partial charge in [0.2, 0.25) is 0 Å². The number of nitriles is 1. The summed E-state index contributed by atoms with van der Waals surface area (Å²) in [5.74, 6) is 0. The van der Waals surface area contributed by atoms with E-state index >= 15 is 0 Å². The summed E-state index contributed by atoms with van der Waals surface area (Å²) < 4.78 is 2.18. The molecule has 0 N–H and O–H groups in total. The Kier molecular flexibility index (Phi) is 5.03. The van der Waals surface area contributed by atoms with E-state index in [1.165, 1.54) is 0 Å². The number of imidazole rings is 1. The maximum atomic E-state index is 8.94. The smallest absolute Gasteiger partial charge is 0.121 e. The maximum absolute atomic E-state index is 8.94. The highest BCUT2D eigenvalue weighted by Gasteiger charge is 2.38. The van der Waals surface area contributed by atoms with Crippen molar-refractivity contribution in [2.75, 3.05) is 0 Å². The van der Waals surface area contributed by atoms with E-state index in [1.807, 2.05) is 24.5 Å². The summed E-state index contributed by atoms with van der Waals surface area (Å²) in [6.07, 6.45) is 5.08. The molecule has 0 aliphatic carbocycles. The highest BCUT2D eigenvalue weighted by molar-refractivity contribution is 5.50. The summed E-state index contributed by atoms with van der Waals surface area (Å²) >= 11 is 0. The van der Waals surface area contributed by atoms with Crippen LogP contribution >= 0.6 is 0 Å². The van der Waals surface area contributed by atoms with Gasteiger partial charge in [-0.2, -0.15) is 5.26 Å². The molecule has 3 aromatic carbocycles. The number of aryl methyl sites for hydroxylation is 1. The first-order valence-electron chi connectivity index (χ1n) is 9.42. The first-order chi connectivity index (χ1) is 13.9. The zero-order valence-corrected chi connectivity index (χ0v) is 15.6. The van der Waals surface area contributed by atoms with Crippen molar-refractivity contribution in [2.45, 2.75) is 18.4 Å². The normalized spacial score (nSPS) is 11.1. The number of benzene rings is 3. The van der Waals surface area contributed by atoms with Crippen LogP contribution in [0.2, 0.25) is 0 Å². The molecule has 0 bridgehead atoms. The van der Waals surface area contributed by atoms with Gasteiger partial charge in [-0.3, -0.25) is 0 Å². The van der Waals surface area contributed by atoms with Crippen molar-refractivity contribution in [2.24, 2.45) is 0 Å². The molecule has 28 heavy (non-hydrogen) atoms. The van der Waals surface area contributed by atoms with Gasteiger partial charge in [0.05, 0.1) is 18.1 Å². The van der Waals surface area contributed by atoms with E-state index in [0.29, 0.717) is 12.8 Å². The van der Waals surface area contributed by atoms with Gasteiger partial charge in [0.1, 0.15) is 5.54 Å². The zero-order chi connectivity index (χ0) is 19.2. The van der Waals surface area contributed by atoms with Gasteiger partial charge in [-0.05, 0) is 16.7 Å². The average Bonchev–Trinajstić information content (AvgIpc) is 3.24. The lowest BCUT2D eigenvalue weighted by molar-refractivity contribution is 0.514. The van der Waals surface area contributed by atoms with E-state index in [1.54, 1.807) is 0 Å². The summed E-state index contributed by atoms with van der Waals surface area (Å²) in [5, 5.41) is 8.94. The Balaban J connectivity index is 2.02. The van der Waals surface area contributed by atoms with Crippen molar-refractivity contribution < 1.29 is 0 Å². The van der Waals surface area contributed by atoms with E-state index < -0.39 is 5.54 Å². The highest BCUT2D eigenvalue weighted by Crippen LogP contribution is 2.40. The summed E-state index contributed by atoms with van der Waals surface area (Å²) in [6, 6.07) is 33.7. The molecular weight excluding hydrogens is 342 g/mol. The van der Waals surface area contributed by atoms with Crippen molar-refractivity contribution in [1.82, 2.24) is 9.55 Å². The molecule has 0 saturated carbocycles. The maximum Gasteiger partial charge on any atom is 0.121 e. The van der Waals surface area contributed by atoms with E-state index in [0.717, 1.165) is 22.4 Å². The van der Waals surface area contributed by atoms with E-state index in [2.05, 4.69) is 94.6 Å². The number of rotatable bonds is 6. The molecule has 1 heterocycles. The number of hydrogen-bond acceptors (Lipinski definition) is 2. The molecular formula is C25H21N3. The molecule has 0 amide bonds. The van der Waals surface area contributed by atoms with Crippen molar-refractivity contribution >= 4 is 0 Å². The second-order valence-corrected chi connectivity index (χ2v) is 6.74. The van der Waals surface area contributed by atoms with Crippen LogP contribution < -0.4 is 0 Å². The Bertz CT molecular complexity index is 964. The quantitative estimate of drug-likeness (QED) is 0.443. The van der Waals surface area contributed by atoms with Crippen LogP contribution in [0.5, 0.6) is 0 Å². The molecule has 4 aromatic rings. The lowest BCUT2D eigenvalue weighted by Gasteiger charge is -2.37. The predicted molar refractivity (Wildman–Crippen MR) is 111 cm³/mol. The van der Waals surface area contributed by atoms with Crippen molar-refractivity contribution in [3.63, 3.8) is 0 Å². The Morgan fingerprint density at radius 1 is 0.750 bits per heavy atom. The molecule has 0 atom stereocenters. The van der Waals surface area contributed by atoms with Gasteiger partial charge in [-0.25, -0.2) is 4.98 Å². The van der Waals surface area contributed by atoms with Crippen LogP contribution in [0.1, 0.15) is 28.8 Å². The highest BCUT2D eigenvalue weighted by atomic mass is 15.1. The summed E-state index contributed by atoms with van der Waals surface area (Å²) in [5.41, 5.74) is 3.88. The Hall–Kier alpha value is -3.64. The minimum absolute atomic E-state index is 0.464. The van der Waals surface area contributed by atoms with E-state index in [-0.39, 0.29) is 0 Å². The molecule has 3 heteroatoms. The third-order valence-corrected chi connectivity index (χ3v) is 5.09. The molecule has 136 valence electrons. The van der Waals surface area contributed by atoms with Gasteiger partial charge in [-0.15, -0.1) is 0 Å². The van der Waals surface area contributed by atoms with Gasteiger partial charge in [0.25, 0.3) is 0 Å². The molecule has 0 aliphatic heterocycles. The first-order valence-corrected chi connectivity index (χ1v) is 9.42. The third kappa shape index (κ3) is 3.10. The van der Waals surface area contributed by atoms with Crippen LogP contribution in [0.3, 0.4) is 0 Å². The molecule has 3 nitrogen and oxygen atoms in total. The van der Waals surface area contributed by atoms with Crippen LogP contribution in [-0.2, 0) is 12.0 Å². The molecule has 0 fully saturated rings. The topological polar surface area (TPSA) is 41.6 Å². The van der Waals surface area contributed by atoms with Gasteiger partial charge < -0.3 is 4.57 Å². The largest absolute Gasteiger partial charge is 0.319 e. The minimum Gasteiger partial charge on any atom is -0.319 e. The number of nitrogens with zero attached hydrogens (tertiary/aromatic N) is 3. The summed E-state index contributed by atoms with van der Waals surface area (Å²) in [4.78, 5) is 4.61. The Labute approximate surface area is 165 Å². The average molecular weight is 363 g/mol. The summed E-state index contributed by atoms with van der Waals surface area (Å²) in [7, 11) is 0. The number of hydrogen-bond donors (Lipinski definition) is 0. The lowest BCUT2D eigenvalue weighted by atomic mass is 9.77. The van der Waals surface area contributed by atoms with Crippen molar-refractivity contribution in [1.29, 1.82) is 5.26 Å². The van der Waals surface area contributed by atoms with Crippen molar-refractivity contribution in [3.8, 4) is 6.07 Å². The van der Waals surface area contributed by atoms with E-state index in [4.69, 9.17) is 5.26 Å². The third-order valence-electron chi connectivity index (χ3n) is 5.09. The Morgan fingerprint density at radius 2 is 1.21 bits per heavy atom. The molecule has 4 rings (SSSR count). The molecule has 0 unspecified atom stereocenters. The van der Waals surface area contributed by atoms with Crippen LogP contribution in [-0.4, -0.2) is 9.55 Å². The van der Waals surface area contributed by atoms with Gasteiger partial charge in [-0.1, -0.05) is 91.0 Å². The molecule has 0 aliphatic rings. The zero-order valence-electron chi connectivity index (χ0n) is 15.6. The van der Waals surface area contributed by atoms with Gasteiger partial charge >= 0.3 is 0 Å². The first kappa shape index (κ1) is 17.8. The van der Waals surface area contributed by atoms with Crippen LogP contribution in [0, 0.1) is 11.3 Å². The van der Waals surface area contributed by atoms with Crippen molar-refractivity contribution in [3.05, 3.63) is 126 Å². The molecule has 0 saturated heterocycles. The second-order valence-electron chi connectivity index (χ2n) is 6.74. The predicted octanol–water partition coefficient (Wildman–Crippen LogP) is 5.18. The number of aromatic nitrogens is 2. The monoisotopic (exact) mass is 363 g/mol.